The molecule has 6 heteroatoms. The monoisotopic (exact) mass is 246 g/mol. The van der Waals surface area contributed by atoms with Gasteiger partial charge in [0.25, 0.3) is 0 Å². The lowest BCUT2D eigenvalue weighted by molar-refractivity contribution is -0.125. The molecule has 0 spiro atoms. The van der Waals surface area contributed by atoms with Crippen molar-refractivity contribution in [1.29, 1.82) is 0 Å². The predicted octanol–water partition coefficient (Wildman–Crippen LogP) is 0.272. The number of aromatic nitrogens is 2. The smallest absolute Gasteiger partial charge is 0.238 e. The second-order valence-electron chi connectivity index (χ2n) is 2.79. The number of rotatable bonds is 3. The lowest BCUT2D eigenvalue weighted by atomic mass is 10.2. The Morgan fingerprint density at radius 2 is 2.62 bits per heavy atom. The molecule has 0 aliphatic heterocycles. The van der Waals surface area contributed by atoms with Gasteiger partial charge in [0.05, 0.1) is 23.1 Å². The van der Waals surface area contributed by atoms with Crippen LogP contribution in [0.2, 0.25) is 0 Å². The van der Waals surface area contributed by atoms with Crippen molar-refractivity contribution in [3.63, 3.8) is 0 Å². The number of hydrogen-bond acceptors (Lipinski definition) is 3. The van der Waals surface area contributed by atoms with Gasteiger partial charge in [-0.25, -0.2) is 5.84 Å². The minimum Gasteiger partial charge on any atom is -0.294 e. The highest BCUT2D eigenvalue weighted by molar-refractivity contribution is 9.10. The van der Waals surface area contributed by atoms with Crippen molar-refractivity contribution in [3.8, 4) is 0 Å². The SMILES string of the molecule is CC(Cn1cc(Br)cn1)C(=O)NN. The molecule has 72 valence electrons. The first kappa shape index (κ1) is 10.2. The molecule has 0 saturated heterocycles. The van der Waals surface area contributed by atoms with E-state index < -0.39 is 0 Å². The Morgan fingerprint density at radius 1 is 1.92 bits per heavy atom. The quantitative estimate of drug-likeness (QED) is 0.457. The van der Waals surface area contributed by atoms with Crippen LogP contribution in [0.15, 0.2) is 16.9 Å². The Bertz CT molecular complexity index is 298. The van der Waals surface area contributed by atoms with E-state index in [0.717, 1.165) is 4.47 Å². The van der Waals surface area contributed by atoms with E-state index in [1.54, 1.807) is 24.0 Å². The molecule has 1 rings (SSSR count). The van der Waals surface area contributed by atoms with E-state index in [1.807, 2.05) is 0 Å². The number of carbonyl (C=O) groups is 1. The van der Waals surface area contributed by atoms with Crippen LogP contribution < -0.4 is 11.3 Å². The molecule has 5 nitrogen and oxygen atoms in total. The van der Waals surface area contributed by atoms with Crippen LogP contribution in [0.5, 0.6) is 0 Å². The third-order valence-corrected chi connectivity index (χ3v) is 2.06. The maximum absolute atomic E-state index is 11.0. The van der Waals surface area contributed by atoms with E-state index in [9.17, 15) is 4.79 Å². The molecule has 0 fully saturated rings. The molecule has 1 aromatic rings. The van der Waals surface area contributed by atoms with E-state index in [2.05, 4.69) is 26.5 Å². The molecule has 1 unspecified atom stereocenters. The van der Waals surface area contributed by atoms with Crippen molar-refractivity contribution < 1.29 is 4.79 Å². The third-order valence-electron chi connectivity index (χ3n) is 1.65. The number of nitrogens with two attached hydrogens (primary N) is 1. The number of nitrogens with one attached hydrogen (secondary N) is 1. The van der Waals surface area contributed by atoms with Crippen molar-refractivity contribution in [1.82, 2.24) is 15.2 Å². The van der Waals surface area contributed by atoms with Crippen molar-refractivity contribution in [2.75, 3.05) is 0 Å². The van der Waals surface area contributed by atoms with Crippen LogP contribution in [0, 0.1) is 5.92 Å². The summed E-state index contributed by atoms with van der Waals surface area (Å²) >= 11 is 3.27. The second-order valence-corrected chi connectivity index (χ2v) is 3.71. The molecule has 0 saturated carbocycles. The molecule has 0 radical (unpaired) electrons. The Labute approximate surface area is 84.4 Å². The van der Waals surface area contributed by atoms with Gasteiger partial charge in [0, 0.05) is 6.20 Å². The maximum atomic E-state index is 11.0. The minimum absolute atomic E-state index is 0.184. The standard InChI is InChI=1S/C7H11BrN4O/c1-5(7(13)11-9)3-12-4-6(8)2-10-12/h2,4-5H,3,9H2,1H3,(H,11,13). The molecule has 1 amide bonds. The van der Waals surface area contributed by atoms with Gasteiger partial charge in [0.1, 0.15) is 0 Å². The lowest BCUT2D eigenvalue weighted by Crippen LogP contribution is -2.36. The number of halogens is 1. The first-order chi connectivity index (χ1) is 6.13. The number of hydrazine groups is 1. The van der Waals surface area contributed by atoms with Gasteiger partial charge in [-0.05, 0) is 15.9 Å². The van der Waals surface area contributed by atoms with E-state index >= 15 is 0 Å². The molecule has 0 aliphatic carbocycles. The average Bonchev–Trinajstić information content (AvgIpc) is 2.49. The fourth-order valence-corrected chi connectivity index (χ4v) is 1.27. The summed E-state index contributed by atoms with van der Waals surface area (Å²) in [6.07, 6.45) is 3.48. The van der Waals surface area contributed by atoms with Gasteiger partial charge >= 0.3 is 0 Å². The Balaban J connectivity index is 2.54. The molecule has 1 aromatic heterocycles. The van der Waals surface area contributed by atoms with E-state index in [4.69, 9.17) is 5.84 Å². The zero-order chi connectivity index (χ0) is 9.84. The zero-order valence-electron chi connectivity index (χ0n) is 7.20. The Hall–Kier alpha value is -0.880. The first-order valence-corrected chi connectivity index (χ1v) is 4.61. The lowest BCUT2D eigenvalue weighted by Gasteiger charge is -2.08. The Kier molecular flexibility index (Phi) is 3.44. The predicted molar refractivity (Wildman–Crippen MR) is 51.4 cm³/mol. The van der Waals surface area contributed by atoms with Crippen LogP contribution in [0.3, 0.4) is 0 Å². The second kappa shape index (κ2) is 4.38. The topological polar surface area (TPSA) is 72.9 Å². The van der Waals surface area contributed by atoms with Crippen molar-refractivity contribution >= 4 is 21.8 Å². The molecule has 0 bridgehead atoms. The van der Waals surface area contributed by atoms with Gasteiger partial charge in [-0.3, -0.25) is 14.9 Å². The average molecular weight is 247 g/mol. The number of amides is 1. The summed E-state index contributed by atoms with van der Waals surface area (Å²) in [6.45, 7) is 2.31. The van der Waals surface area contributed by atoms with Gasteiger partial charge in [-0.2, -0.15) is 5.10 Å². The highest BCUT2D eigenvalue weighted by atomic mass is 79.9. The van der Waals surface area contributed by atoms with Crippen molar-refractivity contribution in [3.05, 3.63) is 16.9 Å². The highest BCUT2D eigenvalue weighted by Gasteiger charge is 2.11. The summed E-state index contributed by atoms with van der Waals surface area (Å²) in [5.74, 6) is 4.62. The summed E-state index contributed by atoms with van der Waals surface area (Å²) in [6, 6.07) is 0. The molecule has 13 heavy (non-hydrogen) atoms. The largest absolute Gasteiger partial charge is 0.294 e. The molecule has 1 heterocycles. The number of nitrogens with zero attached hydrogens (tertiary/aromatic N) is 2. The highest BCUT2D eigenvalue weighted by Crippen LogP contribution is 2.08. The molecule has 0 aliphatic rings. The molecule has 1 atom stereocenters. The van der Waals surface area contributed by atoms with Crippen LogP contribution in [0.1, 0.15) is 6.92 Å². The van der Waals surface area contributed by atoms with Crippen LogP contribution >= 0.6 is 15.9 Å². The van der Waals surface area contributed by atoms with Crippen LogP contribution in [0.25, 0.3) is 0 Å². The molecule has 0 aromatic carbocycles. The summed E-state index contributed by atoms with van der Waals surface area (Å²) in [7, 11) is 0. The van der Waals surface area contributed by atoms with Crippen LogP contribution in [-0.4, -0.2) is 15.7 Å². The minimum atomic E-state index is -0.188. The van der Waals surface area contributed by atoms with Crippen molar-refractivity contribution in [2.24, 2.45) is 11.8 Å². The van der Waals surface area contributed by atoms with Gasteiger partial charge in [-0.1, -0.05) is 6.92 Å². The van der Waals surface area contributed by atoms with Crippen molar-refractivity contribution in [2.45, 2.75) is 13.5 Å². The summed E-state index contributed by atoms with van der Waals surface area (Å²) in [5, 5.41) is 4.02. The number of carbonyl (C=O) groups excluding carboxylic acids is 1. The van der Waals surface area contributed by atoms with Gasteiger partial charge in [0.2, 0.25) is 5.91 Å². The summed E-state index contributed by atoms with van der Waals surface area (Å²) in [5.41, 5.74) is 2.10. The summed E-state index contributed by atoms with van der Waals surface area (Å²) < 4.78 is 2.58. The van der Waals surface area contributed by atoms with Gasteiger partial charge in [-0.15, -0.1) is 0 Å². The van der Waals surface area contributed by atoms with Crippen LogP contribution in [0.4, 0.5) is 0 Å². The fourth-order valence-electron chi connectivity index (χ4n) is 0.944. The Morgan fingerprint density at radius 3 is 3.08 bits per heavy atom. The maximum Gasteiger partial charge on any atom is 0.238 e. The van der Waals surface area contributed by atoms with E-state index in [-0.39, 0.29) is 11.8 Å². The molecular weight excluding hydrogens is 236 g/mol. The van der Waals surface area contributed by atoms with Gasteiger partial charge < -0.3 is 0 Å². The molecular formula is C7H11BrN4O. The van der Waals surface area contributed by atoms with Crippen LogP contribution in [-0.2, 0) is 11.3 Å². The molecule has 3 N–H and O–H groups in total. The normalized spacial score (nSPS) is 12.5. The fraction of sp³-hybridized carbons (Fsp3) is 0.429. The van der Waals surface area contributed by atoms with Gasteiger partial charge in [0.15, 0.2) is 0 Å². The third kappa shape index (κ3) is 2.82. The van der Waals surface area contributed by atoms with E-state index in [0.29, 0.717) is 6.54 Å². The zero-order valence-corrected chi connectivity index (χ0v) is 8.78. The summed E-state index contributed by atoms with van der Waals surface area (Å²) in [4.78, 5) is 11.0. The first-order valence-electron chi connectivity index (χ1n) is 3.82. The number of hydrogen-bond donors (Lipinski definition) is 2. The van der Waals surface area contributed by atoms with E-state index in [1.165, 1.54) is 0 Å².